The van der Waals surface area contributed by atoms with Crippen molar-refractivity contribution in [1.82, 2.24) is 15.3 Å². The molecule has 0 spiro atoms. The van der Waals surface area contributed by atoms with Gasteiger partial charge in [-0.25, -0.2) is 9.97 Å². The summed E-state index contributed by atoms with van der Waals surface area (Å²) in [5, 5.41) is 2.95. The number of hydrogen-bond acceptors (Lipinski definition) is 5. The normalized spacial score (nSPS) is 13.2. The second-order valence-electron chi connectivity index (χ2n) is 6.35. The van der Waals surface area contributed by atoms with Crippen LogP contribution in [-0.2, 0) is 0 Å². The molecule has 1 rings (SSSR count). The summed E-state index contributed by atoms with van der Waals surface area (Å²) >= 11 is 0. The zero-order chi connectivity index (χ0) is 15.5. The van der Waals surface area contributed by atoms with Crippen molar-refractivity contribution in [3.05, 3.63) is 17.7 Å². The fourth-order valence-corrected chi connectivity index (χ4v) is 1.43. The highest BCUT2D eigenvalue weighted by Crippen LogP contribution is 2.20. The van der Waals surface area contributed by atoms with E-state index in [2.05, 4.69) is 41.5 Å². The maximum absolute atomic E-state index is 12.4. The summed E-state index contributed by atoms with van der Waals surface area (Å²) in [7, 11) is 0. The number of nitrogens with zero attached hydrogens (tertiary/aromatic N) is 2. The third-order valence-electron chi connectivity index (χ3n) is 3.34. The molecule has 20 heavy (non-hydrogen) atoms. The SMILES string of the molecule is CC(C)c1ncc(NN)c(C(=O)NC(C)C(C)(C)C)n1. The maximum atomic E-state index is 12.4. The summed E-state index contributed by atoms with van der Waals surface area (Å²) in [6.07, 6.45) is 1.54. The molecule has 6 nitrogen and oxygen atoms in total. The van der Waals surface area contributed by atoms with Crippen LogP contribution in [0.5, 0.6) is 0 Å². The number of hydrogen-bond donors (Lipinski definition) is 3. The summed E-state index contributed by atoms with van der Waals surface area (Å²) in [4.78, 5) is 20.9. The van der Waals surface area contributed by atoms with Crippen LogP contribution in [0.25, 0.3) is 0 Å². The summed E-state index contributed by atoms with van der Waals surface area (Å²) < 4.78 is 0. The predicted molar refractivity (Wildman–Crippen MR) is 80.3 cm³/mol. The molecular weight excluding hydrogens is 254 g/mol. The van der Waals surface area contributed by atoms with E-state index in [1.165, 1.54) is 0 Å². The molecule has 0 radical (unpaired) electrons. The van der Waals surface area contributed by atoms with Crippen LogP contribution >= 0.6 is 0 Å². The van der Waals surface area contributed by atoms with E-state index in [1.54, 1.807) is 6.20 Å². The van der Waals surface area contributed by atoms with Crippen molar-refractivity contribution in [3.8, 4) is 0 Å². The van der Waals surface area contributed by atoms with Gasteiger partial charge in [-0.3, -0.25) is 10.6 Å². The topological polar surface area (TPSA) is 92.9 Å². The molecule has 0 bridgehead atoms. The van der Waals surface area contributed by atoms with Gasteiger partial charge in [-0.1, -0.05) is 34.6 Å². The zero-order valence-corrected chi connectivity index (χ0v) is 13.1. The fourth-order valence-electron chi connectivity index (χ4n) is 1.43. The van der Waals surface area contributed by atoms with E-state index >= 15 is 0 Å². The van der Waals surface area contributed by atoms with E-state index in [9.17, 15) is 4.79 Å². The summed E-state index contributed by atoms with van der Waals surface area (Å²) in [6, 6.07) is 0.0121. The van der Waals surface area contributed by atoms with Crippen molar-refractivity contribution in [2.24, 2.45) is 11.3 Å². The monoisotopic (exact) mass is 279 g/mol. The van der Waals surface area contributed by atoms with Crippen LogP contribution in [0.1, 0.15) is 63.8 Å². The van der Waals surface area contributed by atoms with Gasteiger partial charge in [0.05, 0.1) is 11.9 Å². The molecule has 0 saturated heterocycles. The van der Waals surface area contributed by atoms with Crippen LogP contribution in [-0.4, -0.2) is 21.9 Å². The Morgan fingerprint density at radius 1 is 1.30 bits per heavy atom. The number of amides is 1. The first-order valence-electron chi connectivity index (χ1n) is 6.81. The number of nitrogens with one attached hydrogen (secondary N) is 2. The minimum absolute atomic E-state index is 0.0121. The second kappa shape index (κ2) is 6.17. The van der Waals surface area contributed by atoms with E-state index in [0.29, 0.717) is 11.5 Å². The highest BCUT2D eigenvalue weighted by atomic mass is 16.2. The van der Waals surface area contributed by atoms with Gasteiger partial charge in [0.1, 0.15) is 5.82 Å². The standard InChI is InChI=1S/C14H25N5O/c1-8(2)12-16-7-10(19-15)11(18-12)13(20)17-9(3)14(4,5)6/h7-9,19H,15H2,1-6H3,(H,17,20). The first kappa shape index (κ1) is 16.4. The van der Waals surface area contributed by atoms with Crippen molar-refractivity contribution in [3.63, 3.8) is 0 Å². The van der Waals surface area contributed by atoms with Crippen molar-refractivity contribution < 1.29 is 4.79 Å². The second-order valence-corrected chi connectivity index (χ2v) is 6.35. The van der Waals surface area contributed by atoms with Crippen LogP contribution < -0.4 is 16.6 Å². The highest BCUT2D eigenvalue weighted by Gasteiger charge is 2.24. The highest BCUT2D eigenvalue weighted by molar-refractivity contribution is 5.97. The molecule has 112 valence electrons. The molecule has 1 unspecified atom stereocenters. The van der Waals surface area contributed by atoms with Gasteiger partial charge in [0.2, 0.25) is 0 Å². The lowest BCUT2D eigenvalue weighted by Gasteiger charge is -2.28. The molecule has 0 aliphatic rings. The molecule has 0 saturated carbocycles. The first-order valence-corrected chi connectivity index (χ1v) is 6.81. The Morgan fingerprint density at radius 3 is 2.35 bits per heavy atom. The molecule has 1 heterocycles. The average Bonchev–Trinajstić information content (AvgIpc) is 2.36. The molecule has 0 aliphatic heterocycles. The van der Waals surface area contributed by atoms with Crippen LogP contribution in [0.4, 0.5) is 5.69 Å². The molecule has 0 aromatic carbocycles. The number of carbonyl (C=O) groups is 1. The Labute approximate surface area is 120 Å². The molecule has 0 aliphatic carbocycles. The van der Waals surface area contributed by atoms with E-state index in [0.717, 1.165) is 0 Å². The number of nitrogen functional groups attached to an aromatic ring is 1. The largest absolute Gasteiger partial charge is 0.348 e. The van der Waals surface area contributed by atoms with Crippen molar-refractivity contribution in [2.45, 2.75) is 53.5 Å². The smallest absolute Gasteiger partial charge is 0.272 e. The molecule has 1 aromatic rings. The molecular formula is C14H25N5O. The van der Waals surface area contributed by atoms with Crippen LogP contribution in [0.15, 0.2) is 6.20 Å². The summed E-state index contributed by atoms with van der Waals surface area (Å²) in [5.74, 6) is 5.94. The molecule has 1 atom stereocenters. The third-order valence-corrected chi connectivity index (χ3v) is 3.34. The molecule has 1 amide bonds. The minimum Gasteiger partial charge on any atom is -0.348 e. The number of hydrazine groups is 1. The van der Waals surface area contributed by atoms with Crippen LogP contribution in [0.2, 0.25) is 0 Å². The van der Waals surface area contributed by atoms with Gasteiger partial charge in [0.25, 0.3) is 5.91 Å². The van der Waals surface area contributed by atoms with Gasteiger partial charge < -0.3 is 10.7 Å². The Morgan fingerprint density at radius 2 is 1.90 bits per heavy atom. The Bertz CT molecular complexity index is 479. The summed E-state index contributed by atoms with van der Waals surface area (Å²) in [6.45, 7) is 12.1. The van der Waals surface area contributed by atoms with E-state index < -0.39 is 0 Å². The summed E-state index contributed by atoms with van der Waals surface area (Å²) in [5.41, 5.74) is 3.14. The lowest BCUT2D eigenvalue weighted by atomic mass is 9.88. The van der Waals surface area contributed by atoms with Crippen LogP contribution in [0, 0.1) is 5.41 Å². The van der Waals surface area contributed by atoms with Crippen molar-refractivity contribution in [2.75, 3.05) is 5.43 Å². The molecule has 4 N–H and O–H groups in total. The van der Waals surface area contributed by atoms with E-state index in [1.807, 2.05) is 20.8 Å². The van der Waals surface area contributed by atoms with Gasteiger partial charge in [-0.05, 0) is 12.3 Å². The molecule has 1 aromatic heterocycles. The maximum Gasteiger partial charge on any atom is 0.272 e. The number of nitrogens with two attached hydrogens (primary N) is 1. The van der Waals surface area contributed by atoms with Gasteiger partial charge in [-0.15, -0.1) is 0 Å². The van der Waals surface area contributed by atoms with Crippen molar-refractivity contribution >= 4 is 11.6 Å². The van der Waals surface area contributed by atoms with E-state index in [-0.39, 0.29) is 29.0 Å². The number of rotatable bonds is 4. The molecule has 6 heteroatoms. The van der Waals surface area contributed by atoms with Crippen molar-refractivity contribution in [1.29, 1.82) is 0 Å². The Kier molecular flexibility index (Phi) is 5.05. The number of aromatic nitrogens is 2. The number of carbonyl (C=O) groups excluding carboxylic acids is 1. The molecule has 0 fully saturated rings. The lowest BCUT2D eigenvalue weighted by molar-refractivity contribution is 0.0905. The van der Waals surface area contributed by atoms with Crippen LogP contribution in [0.3, 0.4) is 0 Å². The van der Waals surface area contributed by atoms with Gasteiger partial charge >= 0.3 is 0 Å². The zero-order valence-electron chi connectivity index (χ0n) is 13.1. The Hall–Kier alpha value is -1.69. The average molecular weight is 279 g/mol. The fraction of sp³-hybridized carbons (Fsp3) is 0.643. The first-order chi connectivity index (χ1) is 9.16. The quantitative estimate of drug-likeness (QED) is 0.579. The number of anilines is 1. The van der Waals surface area contributed by atoms with Gasteiger partial charge in [0.15, 0.2) is 5.69 Å². The van der Waals surface area contributed by atoms with Gasteiger partial charge in [0, 0.05) is 12.0 Å². The minimum atomic E-state index is -0.246. The Balaban J connectivity index is 3.04. The van der Waals surface area contributed by atoms with E-state index in [4.69, 9.17) is 5.84 Å². The third kappa shape index (κ3) is 3.90. The predicted octanol–water partition coefficient (Wildman–Crippen LogP) is 2.05. The van der Waals surface area contributed by atoms with Gasteiger partial charge in [-0.2, -0.15) is 0 Å². The lowest BCUT2D eigenvalue weighted by Crippen LogP contribution is -2.42.